The second kappa shape index (κ2) is 6.62. The SMILES string of the molecule is CC(NC(=O)c1coc(C2CCCN2)n1)c1ccc(Br)cc1. The molecule has 2 N–H and O–H groups in total. The lowest BCUT2D eigenvalue weighted by atomic mass is 10.1. The van der Waals surface area contributed by atoms with Gasteiger partial charge >= 0.3 is 0 Å². The molecule has 0 saturated carbocycles. The molecule has 2 atom stereocenters. The fourth-order valence-electron chi connectivity index (χ4n) is 2.55. The third-order valence-corrected chi connectivity index (χ3v) is 4.36. The third kappa shape index (κ3) is 3.39. The predicted molar refractivity (Wildman–Crippen MR) is 86.5 cm³/mol. The first kappa shape index (κ1) is 15.2. The monoisotopic (exact) mass is 363 g/mol. The molecule has 1 aromatic carbocycles. The number of hydrogen-bond acceptors (Lipinski definition) is 4. The van der Waals surface area contributed by atoms with Crippen molar-refractivity contribution in [2.75, 3.05) is 6.54 Å². The summed E-state index contributed by atoms with van der Waals surface area (Å²) in [6.07, 6.45) is 3.53. The standard InChI is InChI=1S/C16H18BrN3O2/c1-10(11-4-6-12(17)7-5-11)19-15(21)14-9-22-16(20-14)13-3-2-8-18-13/h4-7,9-10,13,18H,2-3,8H2,1H3,(H,19,21). The Morgan fingerprint density at radius 3 is 2.91 bits per heavy atom. The summed E-state index contributed by atoms with van der Waals surface area (Å²) in [5, 5.41) is 6.24. The molecule has 116 valence electrons. The lowest BCUT2D eigenvalue weighted by molar-refractivity contribution is 0.0934. The van der Waals surface area contributed by atoms with Crippen LogP contribution in [0.25, 0.3) is 0 Å². The average Bonchev–Trinajstić information content (AvgIpc) is 3.19. The number of carbonyl (C=O) groups excluding carboxylic acids is 1. The van der Waals surface area contributed by atoms with Crippen molar-refractivity contribution < 1.29 is 9.21 Å². The van der Waals surface area contributed by atoms with E-state index in [1.807, 2.05) is 31.2 Å². The Hall–Kier alpha value is -1.66. The van der Waals surface area contributed by atoms with Crippen molar-refractivity contribution in [2.45, 2.75) is 31.8 Å². The second-order valence-electron chi connectivity index (χ2n) is 5.47. The molecular formula is C16H18BrN3O2. The third-order valence-electron chi connectivity index (χ3n) is 3.83. The van der Waals surface area contributed by atoms with E-state index in [-0.39, 0.29) is 18.0 Å². The Balaban J connectivity index is 1.65. The molecule has 5 nitrogen and oxygen atoms in total. The van der Waals surface area contributed by atoms with Crippen molar-refractivity contribution in [3.63, 3.8) is 0 Å². The van der Waals surface area contributed by atoms with E-state index in [1.54, 1.807) is 0 Å². The van der Waals surface area contributed by atoms with Crippen LogP contribution in [0.15, 0.2) is 39.4 Å². The maximum Gasteiger partial charge on any atom is 0.273 e. The number of carbonyl (C=O) groups is 1. The van der Waals surface area contributed by atoms with E-state index < -0.39 is 0 Å². The van der Waals surface area contributed by atoms with Crippen molar-refractivity contribution in [1.29, 1.82) is 0 Å². The zero-order valence-electron chi connectivity index (χ0n) is 12.3. The Bertz CT molecular complexity index is 648. The van der Waals surface area contributed by atoms with Crippen LogP contribution in [0.1, 0.15) is 53.8 Å². The van der Waals surface area contributed by atoms with Gasteiger partial charge in [-0.3, -0.25) is 4.79 Å². The number of nitrogens with zero attached hydrogens (tertiary/aromatic N) is 1. The van der Waals surface area contributed by atoms with Gasteiger partial charge in [0.05, 0.1) is 12.1 Å². The van der Waals surface area contributed by atoms with Gasteiger partial charge in [0.2, 0.25) is 5.89 Å². The highest BCUT2D eigenvalue weighted by atomic mass is 79.9. The Morgan fingerprint density at radius 1 is 1.45 bits per heavy atom. The topological polar surface area (TPSA) is 67.2 Å². The first-order valence-corrected chi connectivity index (χ1v) is 8.18. The molecule has 1 aliphatic heterocycles. The number of halogens is 1. The van der Waals surface area contributed by atoms with Gasteiger partial charge in [0, 0.05) is 4.47 Å². The van der Waals surface area contributed by atoms with Crippen LogP contribution in [0, 0.1) is 0 Å². The number of oxazole rings is 1. The molecule has 3 rings (SSSR count). The maximum absolute atomic E-state index is 12.3. The molecule has 1 saturated heterocycles. The smallest absolute Gasteiger partial charge is 0.273 e. The highest BCUT2D eigenvalue weighted by Gasteiger charge is 2.23. The van der Waals surface area contributed by atoms with Gasteiger partial charge in [-0.05, 0) is 44.0 Å². The summed E-state index contributed by atoms with van der Waals surface area (Å²) in [6.45, 7) is 2.91. The van der Waals surface area contributed by atoms with E-state index in [2.05, 4.69) is 31.5 Å². The van der Waals surface area contributed by atoms with Gasteiger partial charge < -0.3 is 15.1 Å². The van der Waals surface area contributed by atoms with Crippen LogP contribution in [-0.2, 0) is 0 Å². The molecule has 22 heavy (non-hydrogen) atoms. The van der Waals surface area contributed by atoms with E-state index in [1.165, 1.54) is 6.26 Å². The largest absolute Gasteiger partial charge is 0.446 e. The van der Waals surface area contributed by atoms with E-state index in [0.29, 0.717) is 11.6 Å². The molecule has 2 heterocycles. The molecule has 0 aliphatic carbocycles. The molecule has 0 radical (unpaired) electrons. The molecule has 2 unspecified atom stereocenters. The van der Waals surface area contributed by atoms with Crippen LogP contribution in [0.4, 0.5) is 0 Å². The highest BCUT2D eigenvalue weighted by molar-refractivity contribution is 9.10. The number of hydrogen-bond donors (Lipinski definition) is 2. The molecule has 1 fully saturated rings. The van der Waals surface area contributed by atoms with E-state index in [9.17, 15) is 4.79 Å². The van der Waals surface area contributed by atoms with Crippen molar-refractivity contribution >= 4 is 21.8 Å². The zero-order chi connectivity index (χ0) is 15.5. The minimum Gasteiger partial charge on any atom is -0.446 e. The molecule has 1 aliphatic rings. The Kier molecular flexibility index (Phi) is 4.59. The summed E-state index contributed by atoms with van der Waals surface area (Å²) >= 11 is 3.40. The molecule has 1 aromatic heterocycles. The van der Waals surface area contributed by atoms with Crippen LogP contribution >= 0.6 is 15.9 Å². The molecule has 1 amide bonds. The number of benzene rings is 1. The fraction of sp³-hybridized carbons (Fsp3) is 0.375. The normalized spacial score (nSPS) is 19.1. The van der Waals surface area contributed by atoms with Crippen LogP contribution in [-0.4, -0.2) is 17.4 Å². The highest BCUT2D eigenvalue weighted by Crippen LogP contribution is 2.22. The molecule has 2 aromatic rings. The van der Waals surface area contributed by atoms with E-state index in [0.717, 1.165) is 29.4 Å². The average molecular weight is 364 g/mol. The quantitative estimate of drug-likeness (QED) is 0.873. The van der Waals surface area contributed by atoms with E-state index in [4.69, 9.17) is 4.42 Å². The summed E-state index contributed by atoms with van der Waals surface area (Å²) < 4.78 is 6.45. The lowest BCUT2D eigenvalue weighted by Gasteiger charge is -2.13. The van der Waals surface area contributed by atoms with E-state index >= 15 is 0 Å². The van der Waals surface area contributed by atoms with Crippen molar-refractivity contribution in [3.8, 4) is 0 Å². The van der Waals surface area contributed by atoms with Crippen LogP contribution in [0.3, 0.4) is 0 Å². The van der Waals surface area contributed by atoms with Gasteiger partial charge in [0.1, 0.15) is 6.26 Å². The number of rotatable bonds is 4. The van der Waals surface area contributed by atoms with Crippen LogP contribution in [0.5, 0.6) is 0 Å². The van der Waals surface area contributed by atoms with Gasteiger partial charge in [-0.15, -0.1) is 0 Å². The van der Waals surface area contributed by atoms with Crippen LogP contribution < -0.4 is 10.6 Å². The molecule has 0 bridgehead atoms. The predicted octanol–water partition coefficient (Wildman–Crippen LogP) is 3.35. The number of amides is 1. The minimum absolute atomic E-state index is 0.0923. The zero-order valence-corrected chi connectivity index (χ0v) is 13.9. The maximum atomic E-state index is 12.3. The van der Waals surface area contributed by atoms with Crippen molar-refractivity contribution in [1.82, 2.24) is 15.6 Å². The Morgan fingerprint density at radius 2 is 2.23 bits per heavy atom. The number of nitrogens with one attached hydrogen (secondary N) is 2. The van der Waals surface area contributed by atoms with Gasteiger partial charge in [0.15, 0.2) is 5.69 Å². The molecule has 0 spiro atoms. The van der Waals surface area contributed by atoms with Gasteiger partial charge in [-0.1, -0.05) is 28.1 Å². The Labute approximate surface area is 137 Å². The molecule has 6 heteroatoms. The second-order valence-corrected chi connectivity index (χ2v) is 6.38. The molecular weight excluding hydrogens is 346 g/mol. The number of aromatic nitrogens is 1. The first-order chi connectivity index (χ1) is 10.6. The summed E-state index contributed by atoms with van der Waals surface area (Å²) in [5.41, 5.74) is 1.37. The minimum atomic E-state index is -0.219. The van der Waals surface area contributed by atoms with Crippen molar-refractivity contribution in [3.05, 3.63) is 52.1 Å². The summed E-state index contributed by atoms with van der Waals surface area (Å²) in [5.74, 6) is 0.377. The van der Waals surface area contributed by atoms with Crippen molar-refractivity contribution in [2.24, 2.45) is 0 Å². The summed E-state index contributed by atoms with van der Waals surface area (Å²) in [7, 11) is 0. The summed E-state index contributed by atoms with van der Waals surface area (Å²) in [4.78, 5) is 16.6. The van der Waals surface area contributed by atoms with Gasteiger partial charge in [-0.25, -0.2) is 4.98 Å². The summed E-state index contributed by atoms with van der Waals surface area (Å²) in [6, 6.07) is 7.91. The van der Waals surface area contributed by atoms with Crippen LogP contribution in [0.2, 0.25) is 0 Å². The lowest BCUT2D eigenvalue weighted by Crippen LogP contribution is -2.27. The van der Waals surface area contributed by atoms with Gasteiger partial charge in [-0.2, -0.15) is 0 Å². The van der Waals surface area contributed by atoms with Gasteiger partial charge in [0.25, 0.3) is 5.91 Å². The first-order valence-electron chi connectivity index (χ1n) is 7.38. The fourth-order valence-corrected chi connectivity index (χ4v) is 2.82.